The van der Waals surface area contributed by atoms with E-state index in [1.54, 1.807) is 12.1 Å². The SMILES string of the molecule is NC1(c2ccccc2S(=O)(=O)C2COC2)CCC1. The summed E-state index contributed by atoms with van der Waals surface area (Å²) < 4.78 is 30.0. The predicted molar refractivity (Wildman–Crippen MR) is 68.0 cm³/mol. The minimum absolute atomic E-state index is 0.300. The molecule has 0 unspecified atom stereocenters. The summed E-state index contributed by atoms with van der Waals surface area (Å²) in [7, 11) is -3.30. The molecule has 3 rings (SSSR count). The lowest BCUT2D eigenvalue weighted by atomic mass is 9.73. The Balaban J connectivity index is 2.06. The van der Waals surface area contributed by atoms with Gasteiger partial charge in [-0.05, 0) is 30.9 Å². The molecule has 5 heteroatoms. The van der Waals surface area contributed by atoms with Gasteiger partial charge in [0.15, 0.2) is 9.84 Å². The van der Waals surface area contributed by atoms with Crippen molar-refractivity contribution in [1.82, 2.24) is 0 Å². The van der Waals surface area contributed by atoms with Crippen molar-refractivity contribution >= 4 is 9.84 Å². The Bertz CT molecular complexity index is 559. The third-order valence-corrected chi connectivity index (χ3v) is 6.14. The Labute approximate surface area is 107 Å². The lowest BCUT2D eigenvalue weighted by Crippen LogP contribution is -2.46. The molecule has 1 aromatic rings. The number of ether oxygens (including phenoxy) is 1. The van der Waals surface area contributed by atoms with E-state index in [2.05, 4.69) is 0 Å². The molecule has 0 aromatic heterocycles. The molecule has 1 aromatic carbocycles. The van der Waals surface area contributed by atoms with Crippen LogP contribution in [-0.2, 0) is 20.1 Å². The van der Waals surface area contributed by atoms with Gasteiger partial charge < -0.3 is 10.5 Å². The maximum absolute atomic E-state index is 12.5. The van der Waals surface area contributed by atoms with Crippen LogP contribution in [0.4, 0.5) is 0 Å². The molecule has 18 heavy (non-hydrogen) atoms. The number of sulfone groups is 1. The summed E-state index contributed by atoms with van der Waals surface area (Å²) >= 11 is 0. The van der Waals surface area contributed by atoms with E-state index in [4.69, 9.17) is 10.5 Å². The van der Waals surface area contributed by atoms with Crippen LogP contribution in [0.1, 0.15) is 24.8 Å². The van der Waals surface area contributed by atoms with Crippen molar-refractivity contribution in [2.75, 3.05) is 13.2 Å². The second kappa shape index (κ2) is 4.05. The molecule has 0 amide bonds. The molecule has 98 valence electrons. The van der Waals surface area contributed by atoms with Crippen LogP contribution in [0.25, 0.3) is 0 Å². The van der Waals surface area contributed by atoms with Gasteiger partial charge in [-0.15, -0.1) is 0 Å². The lowest BCUT2D eigenvalue weighted by Gasteiger charge is -2.40. The molecule has 1 saturated heterocycles. The van der Waals surface area contributed by atoms with Crippen molar-refractivity contribution in [3.8, 4) is 0 Å². The number of benzene rings is 1. The first-order chi connectivity index (χ1) is 8.54. The molecule has 4 nitrogen and oxygen atoms in total. The van der Waals surface area contributed by atoms with Gasteiger partial charge >= 0.3 is 0 Å². The number of rotatable bonds is 3. The van der Waals surface area contributed by atoms with Crippen molar-refractivity contribution in [1.29, 1.82) is 0 Å². The zero-order valence-electron chi connectivity index (χ0n) is 10.1. The highest BCUT2D eigenvalue weighted by Gasteiger charge is 2.41. The Morgan fingerprint density at radius 1 is 1.22 bits per heavy atom. The van der Waals surface area contributed by atoms with Crippen LogP contribution in [-0.4, -0.2) is 26.9 Å². The molecule has 0 bridgehead atoms. The fraction of sp³-hybridized carbons (Fsp3) is 0.538. The van der Waals surface area contributed by atoms with Gasteiger partial charge in [0.1, 0.15) is 5.25 Å². The molecule has 0 atom stereocenters. The van der Waals surface area contributed by atoms with E-state index in [1.807, 2.05) is 12.1 Å². The predicted octanol–water partition coefficient (Wildman–Crippen LogP) is 1.20. The fourth-order valence-corrected chi connectivity index (χ4v) is 4.28. The summed E-state index contributed by atoms with van der Waals surface area (Å²) in [5.41, 5.74) is 6.62. The zero-order valence-corrected chi connectivity index (χ0v) is 10.9. The minimum atomic E-state index is -3.30. The average molecular weight is 267 g/mol. The Hall–Kier alpha value is -0.910. The van der Waals surface area contributed by atoms with E-state index in [0.717, 1.165) is 24.8 Å². The average Bonchev–Trinajstić information content (AvgIpc) is 2.23. The fourth-order valence-electron chi connectivity index (χ4n) is 2.53. The van der Waals surface area contributed by atoms with Crippen molar-refractivity contribution in [2.45, 2.75) is 34.9 Å². The molecule has 1 saturated carbocycles. The highest BCUT2D eigenvalue weighted by atomic mass is 32.2. The monoisotopic (exact) mass is 267 g/mol. The van der Waals surface area contributed by atoms with E-state index in [-0.39, 0.29) is 0 Å². The van der Waals surface area contributed by atoms with E-state index in [9.17, 15) is 8.42 Å². The van der Waals surface area contributed by atoms with Crippen LogP contribution in [0, 0.1) is 0 Å². The van der Waals surface area contributed by atoms with Crippen molar-refractivity contribution in [2.24, 2.45) is 5.73 Å². The van der Waals surface area contributed by atoms with Gasteiger partial charge in [-0.1, -0.05) is 18.2 Å². The van der Waals surface area contributed by atoms with Gasteiger partial charge in [-0.25, -0.2) is 8.42 Å². The molecule has 1 heterocycles. The first kappa shape index (κ1) is 12.1. The smallest absolute Gasteiger partial charge is 0.186 e. The van der Waals surface area contributed by atoms with Crippen LogP contribution in [0.2, 0.25) is 0 Å². The number of hydrogen-bond acceptors (Lipinski definition) is 4. The van der Waals surface area contributed by atoms with Crippen molar-refractivity contribution in [3.05, 3.63) is 29.8 Å². The van der Waals surface area contributed by atoms with Gasteiger partial charge in [0.05, 0.1) is 18.1 Å². The van der Waals surface area contributed by atoms with E-state index in [0.29, 0.717) is 18.1 Å². The molecule has 2 N–H and O–H groups in total. The molecule has 2 aliphatic rings. The topological polar surface area (TPSA) is 69.4 Å². The van der Waals surface area contributed by atoms with Gasteiger partial charge in [0.2, 0.25) is 0 Å². The third-order valence-electron chi connectivity index (χ3n) is 4.02. The highest BCUT2D eigenvalue weighted by Crippen LogP contribution is 2.42. The maximum Gasteiger partial charge on any atom is 0.186 e. The van der Waals surface area contributed by atoms with Gasteiger partial charge in [-0.3, -0.25) is 0 Å². The summed E-state index contributed by atoms with van der Waals surface area (Å²) in [5.74, 6) is 0. The summed E-state index contributed by atoms with van der Waals surface area (Å²) in [5, 5.41) is -0.401. The molecule has 1 aliphatic heterocycles. The van der Waals surface area contributed by atoms with Crippen LogP contribution in [0.5, 0.6) is 0 Å². The highest BCUT2D eigenvalue weighted by molar-refractivity contribution is 7.92. The second-order valence-corrected chi connectivity index (χ2v) is 7.41. The van der Waals surface area contributed by atoms with E-state index < -0.39 is 20.6 Å². The lowest BCUT2D eigenvalue weighted by molar-refractivity contribution is 0.0415. The van der Waals surface area contributed by atoms with Gasteiger partial charge in [0.25, 0.3) is 0 Å². The Morgan fingerprint density at radius 2 is 1.89 bits per heavy atom. The van der Waals surface area contributed by atoms with E-state index in [1.165, 1.54) is 0 Å². The Morgan fingerprint density at radius 3 is 2.39 bits per heavy atom. The molecular formula is C13H17NO3S. The summed E-state index contributed by atoms with van der Waals surface area (Å²) in [6, 6.07) is 7.15. The molecule has 1 aliphatic carbocycles. The first-order valence-electron chi connectivity index (χ1n) is 6.24. The van der Waals surface area contributed by atoms with Crippen LogP contribution < -0.4 is 5.73 Å². The van der Waals surface area contributed by atoms with Crippen LogP contribution in [0.3, 0.4) is 0 Å². The van der Waals surface area contributed by atoms with Gasteiger partial charge in [-0.2, -0.15) is 0 Å². The van der Waals surface area contributed by atoms with Crippen LogP contribution in [0.15, 0.2) is 29.2 Å². The largest absolute Gasteiger partial charge is 0.379 e. The number of nitrogens with two attached hydrogens (primary N) is 1. The second-order valence-electron chi connectivity index (χ2n) is 5.21. The van der Waals surface area contributed by atoms with Crippen molar-refractivity contribution in [3.63, 3.8) is 0 Å². The molecule has 2 fully saturated rings. The van der Waals surface area contributed by atoms with Gasteiger partial charge in [0, 0.05) is 5.54 Å². The molecule has 0 spiro atoms. The molecular weight excluding hydrogens is 250 g/mol. The van der Waals surface area contributed by atoms with Crippen molar-refractivity contribution < 1.29 is 13.2 Å². The van der Waals surface area contributed by atoms with E-state index >= 15 is 0 Å². The summed E-state index contributed by atoms with van der Waals surface area (Å²) in [6.07, 6.45) is 2.79. The minimum Gasteiger partial charge on any atom is -0.379 e. The number of hydrogen-bond donors (Lipinski definition) is 1. The summed E-state index contributed by atoms with van der Waals surface area (Å²) in [6.45, 7) is 0.600. The van der Waals surface area contributed by atoms with Crippen LogP contribution >= 0.6 is 0 Å². The maximum atomic E-state index is 12.5. The zero-order chi connectivity index (χ0) is 12.8. The first-order valence-corrected chi connectivity index (χ1v) is 7.79. The quantitative estimate of drug-likeness (QED) is 0.893. The Kier molecular flexibility index (Phi) is 2.73. The summed E-state index contributed by atoms with van der Waals surface area (Å²) in [4.78, 5) is 0.403. The molecule has 0 radical (unpaired) electrons. The normalized spacial score (nSPS) is 23.2. The third kappa shape index (κ3) is 1.69. The standard InChI is InChI=1S/C13H17NO3S/c14-13(6-3-7-13)11-4-1-2-5-12(11)18(15,16)10-8-17-9-10/h1-2,4-5,10H,3,6-9,14H2.